The second kappa shape index (κ2) is 6.28. The monoisotopic (exact) mass is 314 g/mol. The van der Waals surface area contributed by atoms with Crippen molar-refractivity contribution in [1.82, 2.24) is 19.8 Å². The van der Waals surface area contributed by atoms with Gasteiger partial charge in [-0.1, -0.05) is 5.16 Å². The highest BCUT2D eigenvalue weighted by Crippen LogP contribution is 2.38. The Morgan fingerprint density at radius 3 is 2.65 bits per heavy atom. The summed E-state index contributed by atoms with van der Waals surface area (Å²) < 4.78 is 6.85. The zero-order valence-corrected chi connectivity index (χ0v) is 13.2. The van der Waals surface area contributed by atoms with E-state index in [0.717, 1.165) is 50.5 Å². The Hall–Kier alpha value is -1.95. The van der Waals surface area contributed by atoms with Crippen molar-refractivity contribution in [3.8, 4) is 0 Å². The molecule has 0 unspecified atom stereocenters. The van der Waals surface area contributed by atoms with Gasteiger partial charge in [-0.05, 0) is 50.8 Å². The second-order valence-electron chi connectivity index (χ2n) is 6.75. The third-order valence-corrected chi connectivity index (χ3v) is 4.89. The first-order valence-corrected chi connectivity index (χ1v) is 8.48. The lowest BCUT2D eigenvalue weighted by molar-refractivity contribution is 0.150. The molecule has 2 aliphatic rings. The Balaban J connectivity index is 1.34. The predicted octanol–water partition coefficient (Wildman–Crippen LogP) is 2.02. The predicted molar refractivity (Wildman–Crippen MR) is 85.0 cm³/mol. The molecule has 1 saturated carbocycles. The van der Waals surface area contributed by atoms with Gasteiger partial charge in [-0.3, -0.25) is 9.69 Å². The molecule has 6 nitrogen and oxygen atoms in total. The third kappa shape index (κ3) is 3.52. The number of rotatable bonds is 5. The fraction of sp³-hybridized carbons (Fsp3) is 0.588. The van der Waals surface area contributed by atoms with Crippen molar-refractivity contribution in [1.29, 1.82) is 0 Å². The third-order valence-electron chi connectivity index (χ3n) is 4.89. The molecule has 1 saturated heterocycles. The quantitative estimate of drug-likeness (QED) is 0.845. The van der Waals surface area contributed by atoms with Crippen molar-refractivity contribution < 1.29 is 4.52 Å². The summed E-state index contributed by atoms with van der Waals surface area (Å²) in [5, 5.41) is 8.32. The number of hydrogen-bond donors (Lipinski definition) is 0. The van der Waals surface area contributed by atoms with Gasteiger partial charge < -0.3 is 4.52 Å². The van der Waals surface area contributed by atoms with Crippen LogP contribution in [0.2, 0.25) is 0 Å². The van der Waals surface area contributed by atoms with Crippen LogP contribution in [0.5, 0.6) is 0 Å². The number of aromatic nitrogens is 3. The first kappa shape index (κ1) is 14.6. The van der Waals surface area contributed by atoms with Gasteiger partial charge in [0.15, 0.2) is 5.76 Å². The second-order valence-corrected chi connectivity index (χ2v) is 6.75. The average Bonchev–Trinajstić information content (AvgIpc) is 3.29. The van der Waals surface area contributed by atoms with E-state index < -0.39 is 0 Å². The number of likely N-dealkylation sites (tertiary alicyclic amines) is 1. The Morgan fingerprint density at radius 1 is 1.13 bits per heavy atom. The fourth-order valence-corrected chi connectivity index (χ4v) is 3.31. The first-order chi connectivity index (χ1) is 11.3. The molecular formula is C17H22N4O2. The molecule has 122 valence electrons. The highest BCUT2D eigenvalue weighted by atomic mass is 16.5. The minimum atomic E-state index is 0.0264. The number of nitrogens with zero attached hydrogens (tertiary/aromatic N) is 4. The van der Waals surface area contributed by atoms with Crippen LogP contribution in [0.3, 0.4) is 0 Å². The summed E-state index contributed by atoms with van der Waals surface area (Å²) in [4.78, 5) is 14.4. The van der Waals surface area contributed by atoms with Gasteiger partial charge in [0.1, 0.15) is 0 Å². The molecule has 1 aliphatic carbocycles. The molecule has 0 N–H and O–H groups in total. The minimum absolute atomic E-state index is 0.0264. The molecule has 4 rings (SSSR count). The van der Waals surface area contributed by atoms with E-state index in [2.05, 4.69) is 15.2 Å². The lowest BCUT2D eigenvalue weighted by Crippen LogP contribution is -2.36. The van der Waals surface area contributed by atoms with Crippen LogP contribution >= 0.6 is 0 Å². The number of piperidine rings is 1. The first-order valence-electron chi connectivity index (χ1n) is 8.48. The van der Waals surface area contributed by atoms with E-state index in [1.807, 2.05) is 12.1 Å². The Labute approximate surface area is 135 Å². The Bertz CT molecular complexity index is 698. The summed E-state index contributed by atoms with van der Waals surface area (Å²) in [6.45, 7) is 3.63. The molecule has 2 aromatic heterocycles. The fourth-order valence-electron chi connectivity index (χ4n) is 3.31. The van der Waals surface area contributed by atoms with E-state index in [4.69, 9.17) is 4.52 Å². The van der Waals surface area contributed by atoms with Gasteiger partial charge in [-0.25, -0.2) is 4.68 Å². The minimum Gasteiger partial charge on any atom is -0.360 e. The molecule has 0 amide bonds. The molecule has 2 fully saturated rings. The Morgan fingerprint density at radius 2 is 1.96 bits per heavy atom. The van der Waals surface area contributed by atoms with Gasteiger partial charge in [-0.2, -0.15) is 5.10 Å². The Kier molecular flexibility index (Phi) is 3.99. The van der Waals surface area contributed by atoms with Crippen LogP contribution in [0.15, 0.2) is 33.7 Å². The zero-order valence-electron chi connectivity index (χ0n) is 13.2. The van der Waals surface area contributed by atoms with Gasteiger partial charge in [0.25, 0.3) is 5.56 Å². The summed E-state index contributed by atoms with van der Waals surface area (Å²) in [5.74, 6) is 2.03. The van der Waals surface area contributed by atoms with E-state index >= 15 is 0 Å². The van der Waals surface area contributed by atoms with Crippen LogP contribution in [0.25, 0.3) is 0 Å². The lowest BCUT2D eigenvalue weighted by Gasteiger charge is -2.31. The summed E-state index contributed by atoms with van der Waals surface area (Å²) in [6.07, 6.45) is 6.30. The van der Waals surface area contributed by atoms with Crippen LogP contribution in [-0.4, -0.2) is 32.9 Å². The van der Waals surface area contributed by atoms with Gasteiger partial charge in [0.2, 0.25) is 0 Å². The lowest BCUT2D eigenvalue weighted by atomic mass is 9.97. The highest BCUT2D eigenvalue weighted by molar-refractivity contribution is 5.12. The van der Waals surface area contributed by atoms with Crippen LogP contribution in [-0.2, 0) is 13.1 Å². The summed E-state index contributed by atoms with van der Waals surface area (Å²) in [7, 11) is 0. The van der Waals surface area contributed by atoms with Crippen molar-refractivity contribution in [3.05, 3.63) is 46.2 Å². The number of hydrogen-bond acceptors (Lipinski definition) is 5. The molecule has 6 heteroatoms. The van der Waals surface area contributed by atoms with Crippen molar-refractivity contribution in [2.45, 2.75) is 44.7 Å². The molecular weight excluding hydrogens is 292 g/mol. The van der Waals surface area contributed by atoms with Crippen molar-refractivity contribution >= 4 is 0 Å². The average molecular weight is 314 g/mol. The van der Waals surface area contributed by atoms with Crippen molar-refractivity contribution in [2.75, 3.05) is 13.1 Å². The van der Waals surface area contributed by atoms with E-state index in [1.165, 1.54) is 12.8 Å². The zero-order chi connectivity index (χ0) is 15.6. The summed E-state index contributed by atoms with van der Waals surface area (Å²) in [6, 6.07) is 5.50. The van der Waals surface area contributed by atoms with Crippen molar-refractivity contribution in [3.63, 3.8) is 0 Å². The molecule has 0 aromatic carbocycles. The van der Waals surface area contributed by atoms with Gasteiger partial charge in [-0.15, -0.1) is 0 Å². The largest absolute Gasteiger partial charge is 0.360 e. The van der Waals surface area contributed by atoms with E-state index in [0.29, 0.717) is 11.8 Å². The SMILES string of the molecule is O=c1ccc(C2CC2)nn1CC1CCN(Cc2ccno2)CC1. The summed E-state index contributed by atoms with van der Waals surface area (Å²) >= 11 is 0. The van der Waals surface area contributed by atoms with Gasteiger partial charge >= 0.3 is 0 Å². The maximum absolute atomic E-state index is 12.0. The molecule has 0 atom stereocenters. The van der Waals surface area contributed by atoms with Gasteiger partial charge in [0, 0.05) is 24.6 Å². The normalized spacial score (nSPS) is 20.0. The molecule has 0 bridgehead atoms. The molecule has 2 aromatic rings. The van der Waals surface area contributed by atoms with E-state index in [9.17, 15) is 4.79 Å². The molecule has 0 spiro atoms. The molecule has 1 aliphatic heterocycles. The maximum atomic E-state index is 12.0. The van der Waals surface area contributed by atoms with Gasteiger partial charge in [0.05, 0.1) is 18.4 Å². The smallest absolute Gasteiger partial charge is 0.266 e. The van der Waals surface area contributed by atoms with Crippen molar-refractivity contribution in [2.24, 2.45) is 5.92 Å². The summed E-state index contributed by atoms with van der Waals surface area (Å²) in [5.41, 5.74) is 1.12. The van der Waals surface area contributed by atoms with Crippen LogP contribution in [0.4, 0.5) is 0 Å². The molecule has 0 radical (unpaired) electrons. The molecule has 3 heterocycles. The maximum Gasteiger partial charge on any atom is 0.266 e. The highest BCUT2D eigenvalue weighted by Gasteiger charge is 2.26. The van der Waals surface area contributed by atoms with Crippen LogP contribution in [0.1, 0.15) is 43.1 Å². The van der Waals surface area contributed by atoms with Crippen LogP contribution in [0, 0.1) is 5.92 Å². The van der Waals surface area contributed by atoms with E-state index in [-0.39, 0.29) is 5.56 Å². The van der Waals surface area contributed by atoms with E-state index in [1.54, 1.807) is 16.9 Å². The standard InChI is InChI=1S/C17H22N4O2/c22-17-4-3-16(14-1-2-14)19-21(17)11-13-6-9-20(10-7-13)12-15-5-8-18-23-15/h3-5,8,13-14H,1-2,6-7,9-12H2. The van der Waals surface area contributed by atoms with Crippen LogP contribution < -0.4 is 5.56 Å². The topological polar surface area (TPSA) is 64.2 Å². The molecule has 23 heavy (non-hydrogen) atoms.